The molecule has 0 heterocycles. The first-order valence-electron chi connectivity index (χ1n) is 5.01. The van der Waals surface area contributed by atoms with Crippen LogP contribution in [0.5, 0.6) is 0 Å². The first-order chi connectivity index (χ1) is 6.83. The van der Waals surface area contributed by atoms with Gasteiger partial charge in [0.1, 0.15) is 0 Å². The maximum absolute atomic E-state index is 5.79. The van der Waals surface area contributed by atoms with Gasteiger partial charge in [0.05, 0.1) is 12.2 Å². The van der Waals surface area contributed by atoms with E-state index >= 15 is 0 Å². The van der Waals surface area contributed by atoms with Crippen molar-refractivity contribution in [3.63, 3.8) is 0 Å². The van der Waals surface area contributed by atoms with Crippen LogP contribution in [0.3, 0.4) is 0 Å². The van der Waals surface area contributed by atoms with Crippen molar-refractivity contribution in [3.8, 4) is 0 Å². The van der Waals surface area contributed by atoms with Gasteiger partial charge < -0.3 is 5.73 Å². The Morgan fingerprint density at radius 3 is 2.64 bits per heavy atom. The Morgan fingerprint density at radius 2 is 2.00 bits per heavy atom. The number of benzene rings is 1. The summed E-state index contributed by atoms with van der Waals surface area (Å²) in [5.74, 6) is 0. The van der Waals surface area contributed by atoms with Crippen molar-refractivity contribution in [1.82, 2.24) is 0 Å². The molecule has 0 saturated heterocycles. The summed E-state index contributed by atoms with van der Waals surface area (Å²) in [6, 6.07) is 9.85. The first kappa shape index (κ1) is 10.9. The van der Waals surface area contributed by atoms with E-state index in [0.29, 0.717) is 6.54 Å². The Bertz CT molecular complexity index is 269. The monoisotopic (exact) mass is 191 g/mol. The molecule has 76 valence electrons. The normalized spacial score (nSPS) is 13.3. The lowest BCUT2D eigenvalue weighted by Gasteiger charge is -2.04. The molecule has 1 atom stereocenters. The third-order valence-electron chi connectivity index (χ3n) is 1.92. The number of nitrogens with two attached hydrogens (primary N) is 1. The van der Waals surface area contributed by atoms with Crippen LogP contribution in [-0.2, 0) is 0 Å². The molecular formula is C11H17N3. The first-order valence-corrected chi connectivity index (χ1v) is 5.01. The van der Waals surface area contributed by atoms with Crippen LogP contribution in [-0.4, -0.2) is 12.6 Å². The summed E-state index contributed by atoms with van der Waals surface area (Å²) in [7, 11) is 0. The van der Waals surface area contributed by atoms with E-state index in [1.807, 2.05) is 30.3 Å². The van der Waals surface area contributed by atoms with Crippen molar-refractivity contribution in [3.05, 3.63) is 30.3 Å². The van der Waals surface area contributed by atoms with Gasteiger partial charge in [-0.3, -0.25) is 0 Å². The van der Waals surface area contributed by atoms with Crippen LogP contribution >= 0.6 is 0 Å². The predicted molar refractivity (Wildman–Crippen MR) is 58.7 cm³/mol. The SMILES string of the molecule is CCCC(N)CN=Nc1ccccc1. The van der Waals surface area contributed by atoms with Gasteiger partial charge in [-0.25, -0.2) is 0 Å². The number of azo groups is 1. The van der Waals surface area contributed by atoms with Gasteiger partial charge in [-0.05, 0) is 18.6 Å². The topological polar surface area (TPSA) is 50.7 Å². The van der Waals surface area contributed by atoms with Crippen molar-refractivity contribution in [2.75, 3.05) is 6.54 Å². The van der Waals surface area contributed by atoms with Crippen molar-refractivity contribution in [2.45, 2.75) is 25.8 Å². The van der Waals surface area contributed by atoms with Crippen LogP contribution in [0.15, 0.2) is 40.6 Å². The second-order valence-electron chi connectivity index (χ2n) is 3.31. The minimum Gasteiger partial charge on any atom is -0.326 e. The van der Waals surface area contributed by atoms with Crippen LogP contribution in [0, 0.1) is 0 Å². The standard InChI is InChI=1S/C11H17N3/c1-2-6-10(12)9-13-14-11-7-4-3-5-8-11/h3-5,7-8,10H,2,6,9,12H2,1H3. The van der Waals surface area contributed by atoms with Gasteiger partial charge in [-0.1, -0.05) is 31.5 Å². The van der Waals surface area contributed by atoms with Crippen molar-refractivity contribution < 1.29 is 0 Å². The van der Waals surface area contributed by atoms with E-state index in [9.17, 15) is 0 Å². The maximum atomic E-state index is 5.79. The molecule has 0 fully saturated rings. The van der Waals surface area contributed by atoms with Crippen LogP contribution in [0.1, 0.15) is 19.8 Å². The summed E-state index contributed by atoms with van der Waals surface area (Å²) in [6.45, 7) is 2.73. The van der Waals surface area contributed by atoms with E-state index in [1.54, 1.807) is 0 Å². The van der Waals surface area contributed by atoms with Gasteiger partial charge >= 0.3 is 0 Å². The second kappa shape index (κ2) is 6.27. The third-order valence-corrected chi connectivity index (χ3v) is 1.92. The molecule has 0 aliphatic heterocycles. The van der Waals surface area contributed by atoms with E-state index in [-0.39, 0.29) is 6.04 Å². The van der Waals surface area contributed by atoms with Crippen molar-refractivity contribution >= 4 is 5.69 Å². The Morgan fingerprint density at radius 1 is 1.29 bits per heavy atom. The molecule has 1 unspecified atom stereocenters. The molecule has 3 heteroatoms. The smallest absolute Gasteiger partial charge is 0.0852 e. The van der Waals surface area contributed by atoms with Crippen LogP contribution in [0.2, 0.25) is 0 Å². The molecule has 1 aromatic carbocycles. The molecule has 14 heavy (non-hydrogen) atoms. The van der Waals surface area contributed by atoms with Gasteiger partial charge in [0.25, 0.3) is 0 Å². The molecule has 1 aromatic rings. The highest BCUT2D eigenvalue weighted by Gasteiger charge is 1.97. The van der Waals surface area contributed by atoms with Gasteiger partial charge in [0.2, 0.25) is 0 Å². The maximum Gasteiger partial charge on any atom is 0.0852 e. The number of nitrogens with zero attached hydrogens (tertiary/aromatic N) is 2. The molecule has 1 rings (SSSR count). The second-order valence-corrected chi connectivity index (χ2v) is 3.31. The molecule has 0 aromatic heterocycles. The quantitative estimate of drug-likeness (QED) is 0.715. The summed E-state index contributed by atoms with van der Waals surface area (Å²) >= 11 is 0. The van der Waals surface area contributed by atoms with Gasteiger partial charge in [0, 0.05) is 6.04 Å². The molecule has 3 nitrogen and oxygen atoms in total. The van der Waals surface area contributed by atoms with E-state index < -0.39 is 0 Å². The zero-order valence-electron chi connectivity index (χ0n) is 8.56. The predicted octanol–water partition coefficient (Wildman–Crippen LogP) is 2.90. The average molecular weight is 191 g/mol. The molecule has 2 N–H and O–H groups in total. The minimum absolute atomic E-state index is 0.146. The molecular weight excluding hydrogens is 174 g/mol. The number of hydrogen-bond acceptors (Lipinski definition) is 3. The highest BCUT2D eigenvalue weighted by Crippen LogP contribution is 2.10. The van der Waals surface area contributed by atoms with E-state index in [2.05, 4.69) is 17.2 Å². The van der Waals surface area contributed by atoms with Crippen molar-refractivity contribution in [1.29, 1.82) is 0 Å². The molecule has 0 aliphatic carbocycles. The number of rotatable bonds is 5. The van der Waals surface area contributed by atoms with Crippen LogP contribution in [0.4, 0.5) is 5.69 Å². The Labute approximate surface area is 85.0 Å². The fraction of sp³-hybridized carbons (Fsp3) is 0.455. The Hall–Kier alpha value is -1.22. The highest BCUT2D eigenvalue weighted by atomic mass is 15.1. The summed E-state index contributed by atoms with van der Waals surface area (Å²) in [5, 5.41) is 8.13. The minimum atomic E-state index is 0.146. The summed E-state index contributed by atoms with van der Waals surface area (Å²) in [4.78, 5) is 0. The molecule has 0 spiro atoms. The largest absolute Gasteiger partial charge is 0.326 e. The zero-order valence-corrected chi connectivity index (χ0v) is 8.56. The van der Waals surface area contributed by atoms with Gasteiger partial charge in [-0.15, -0.1) is 0 Å². The van der Waals surface area contributed by atoms with Crippen molar-refractivity contribution in [2.24, 2.45) is 16.0 Å². The Balaban J connectivity index is 2.34. The third kappa shape index (κ3) is 4.14. The van der Waals surface area contributed by atoms with E-state index in [1.165, 1.54) is 0 Å². The Kier molecular flexibility index (Phi) is 4.86. The lowest BCUT2D eigenvalue weighted by molar-refractivity contribution is 0.603. The summed E-state index contributed by atoms with van der Waals surface area (Å²) < 4.78 is 0. The van der Waals surface area contributed by atoms with E-state index in [0.717, 1.165) is 18.5 Å². The fourth-order valence-electron chi connectivity index (χ4n) is 1.18. The van der Waals surface area contributed by atoms with E-state index in [4.69, 9.17) is 5.73 Å². The molecule has 0 amide bonds. The average Bonchev–Trinajstić information content (AvgIpc) is 2.20. The summed E-state index contributed by atoms with van der Waals surface area (Å²) in [6.07, 6.45) is 2.11. The molecule has 0 radical (unpaired) electrons. The van der Waals surface area contributed by atoms with Crippen LogP contribution < -0.4 is 5.73 Å². The number of hydrogen-bond donors (Lipinski definition) is 1. The molecule has 0 aliphatic rings. The lowest BCUT2D eigenvalue weighted by Crippen LogP contribution is -2.22. The highest BCUT2D eigenvalue weighted by molar-refractivity contribution is 5.34. The molecule has 0 saturated carbocycles. The van der Waals surface area contributed by atoms with Gasteiger partial charge in [-0.2, -0.15) is 10.2 Å². The molecule has 0 bridgehead atoms. The zero-order chi connectivity index (χ0) is 10.2. The van der Waals surface area contributed by atoms with Gasteiger partial charge in [0.15, 0.2) is 0 Å². The fourth-order valence-corrected chi connectivity index (χ4v) is 1.18. The lowest BCUT2D eigenvalue weighted by atomic mass is 10.2. The summed E-state index contributed by atoms with van der Waals surface area (Å²) in [5.41, 5.74) is 6.68. The van der Waals surface area contributed by atoms with Crippen LogP contribution in [0.25, 0.3) is 0 Å².